The number of para-hydroxylation sites is 1. The maximum absolute atomic E-state index is 12.8. The summed E-state index contributed by atoms with van der Waals surface area (Å²) < 4.78 is 1.70. The average Bonchev–Trinajstić information content (AvgIpc) is 3.00. The Labute approximate surface area is 172 Å². The smallest absolute Gasteiger partial charge is 0.273 e. The Morgan fingerprint density at radius 2 is 1.89 bits per heavy atom. The molecule has 1 aromatic heterocycles. The maximum Gasteiger partial charge on any atom is 0.273 e. The van der Waals surface area contributed by atoms with Crippen molar-refractivity contribution in [2.24, 2.45) is 11.7 Å². The molecule has 0 fully saturated rings. The van der Waals surface area contributed by atoms with Crippen LogP contribution in [0.5, 0.6) is 0 Å². The lowest BCUT2D eigenvalue weighted by Crippen LogP contribution is -2.47. The van der Waals surface area contributed by atoms with Gasteiger partial charge in [0.2, 0.25) is 5.91 Å². The molecule has 0 spiro atoms. The second-order valence-corrected chi connectivity index (χ2v) is 7.70. The molecule has 146 valence electrons. The van der Waals surface area contributed by atoms with Crippen molar-refractivity contribution in [2.45, 2.75) is 26.4 Å². The van der Waals surface area contributed by atoms with Crippen LogP contribution in [0.25, 0.3) is 10.9 Å². The summed E-state index contributed by atoms with van der Waals surface area (Å²) >= 11 is 12.2. The number of rotatable bonds is 6. The number of nitrogens with one attached hydrogen (secondary N) is 1. The minimum Gasteiger partial charge on any atom is -0.368 e. The molecule has 28 heavy (non-hydrogen) atoms. The second-order valence-electron chi connectivity index (χ2n) is 6.86. The predicted octanol–water partition coefficient (Wildman–Crippen LogP) is 3.63. The van der Waals surface area contributed by atoms with Gasteiger partial charge < -0.3 is 11.1 Å². The van der Waals surface area contributed by atoms with E-state index in [1.807, 2.05) is 44.2 Å². The van der Waals surface area contributed by atoms with Gasteiger partial charge in [-0.1, -0.05) is 61.3 Å². The number of benzene rings is 2. The molecular weight excluding hydrogens is 399 g/mol. The van der Waals surface area contributed by atoms with Crippen molar-refractivity contribution in [1.29, 1.82) is 0 Å². The Morgan fingerprint density at radius 3 is 2.54 bits per heavy atom. The molecule has 0 radical (unpaired) electrons. The Morgan fingerprint density at radius 1 is 1.18 bits per heavy atom. The van der Waals surface area contributed by atoms with Crippen LogP contribution >= 0.6 is 23.2 Å². The first kappa shape index (κ1) is 20.2. The van der Waals surface area contributed by atoms with Crippen LogP contribution in [0.3, 0.4) is 0 Å². The van der Waals surface area contributed by atoms with Crippen molar-refractivity contribution in [3.8, 4) is 0 Å². The molecular formula is C20H20Cl2N4O2. The van der Waals surface area contributed by atoms with Crippen LogP contribution in [0.4, 0.5) is 0 Å². The minimum absolute atomic E-state index is 0.136. The van der Waals surface area contributed by atoms with Crippen molar-refractivity contribution in [3.63, 3.8) is 0 Å². The molecule has 1 atom stereocenters. The van der Waals surface area contributed by atoms with Gasteiger partial charge in [-0.05, 0) is 29.7 Å². The molecule has 0 saturated heterocycles. The largest absolute Gasteiger partial charge is 0.368 e. The van der Waals surface area contributed by atoms with E-state index in [-0.39, 0.29) is 11.6 Å². The van der Waals surface area contributed by atoms with E-state index in [9.17, 15) is 9.59 Å². The summed E-state index contributed by atoms with van der Waals surface area (Å²) in [5.41, 5.74) is 7.24. The van der Waals surface area contributed by atoms with E-state index < -0.39 is 17.9 Å². The van der Waals surface area contributed by atoms with Crippen LogP contribution in [-0.2, 0) is 11.3 Å². The lowest BCUT2D eigenvalue weighted by molar-refractivity contribution is -0.120. The third-order valence-corrected chi connectivity index (χ3v) is 5.05. The van der Waals surface area contributed by atoms with Gasteiger partial charge in [-0.25, -0.2) is 0 Å². The first-order valence-electron chi connectivity index (χ1n) is 8.77. The minimum atomic E-state index is -0.776. The summed E-state index contributed by atoms with van der Waals surface area (Å²) in [6, 6.07) is 11.8. The first-order valence-corrected chi connectivity index (χ1v) is 9.53. The van der Waals surface area contributed by atoms with Gasteiger partial charge in [-0.15, -0.1) is 0 Å². The Bertz CT molecular complexity index is 1050. The van der Waals surface area contributed by atoms with Gasteiger partial charge in [0.15, 0.2) is 5.69 Å². The molecule has 1 unspecified atom stereocenters. The number of carbonyl (C=O) groups is 2. The van der Waals surface area contributed by atoms with Gasteiger partial charge >= 0.3 is 0 Å². The SMILES string of the molecule is CC(C)C(NC(=O)c1nn(Cc2ccc(Cl)cc2Cl)c2ccccc12)C(N)=O. The third kappa shape index (κ3) is 4.13. The number of hydrogen-bond acceptors (Lipinski definition) is 3. The van der Waals surface area contributed by atoms with Crippen LogP contribution in [-0.4, -0.2) is 27.6 Å². The Kier molecular flexibility index (Phi) is 5.91. The van der Waals surface area contributed by atoms with Crippen molar-refractivity contribution < 1.29 is 9.59 Å². The molecule has 0 bridgehead atoms. The molecule has 8 heteroatoms. The van der Waals surface area contributed by atoms with E-state index in [2.05, 4.69) is 10.4 Å². The summed E-state index contributed by atoms with van der Waals surface area (Å²) in [7, 11) is 0. The number of primary amides is 1. The normalized spacial score (nSPS) is 12.3. The van der Waals surface area contributed by atoms with E-state index in [1.54, 1.807) is 16.8 Å². The summed E-state index contributed by atoms with van der Waals surface area (Å²) in [5, 5.41) is 8.91. The Hall–Kier alpha value is -2.57. The monoisotopic (exact) mass is 418 g/mol. The highest BCUT2D eigenvalue weighted by molar-refractivity contribution is 6.35. The molecule has 0 aliphatic heterocycles. The Balaban J connectivity index is 1.98. The molecule has 2 amide bonds. The molecule has 1 heterocycles. The fourth-order valence-corrected chi connectivity index (χ4v) is 3.47. The molecule has 2 aromatic carbocycles. The van der Waals surface area contributed by atoms with Gasteiger partial charge in [-0.2, -0.15) is 5.10 Å². The van der Waals surface area contributed by atoms with Gasteiger partial charge in [0.1, 0.15) is 6.04 Å². The molecule has 6 nitrogen and oxygen atoms in total. The van der Waals surface area contributed by atoms with E-state index in [0.717, 1.165) is 11.1 Å². The number of carbonyl (C=O) groups excluding carboxylic acids is 2. The number of nitrogens with zero attached hydrogens (tertiary/aromatic N) is 2. The second kappa shape index (κ2) is 8.20. The average molecular weight is 419 g/mol. The van der Waals surface area contributed by atoms with E-state index in [1.165, 1.54) is 0 Å². The predicted molar refractivity (Wildman–Crippen MR) is 111 cm³/mol. The summed E-state index contributed by atoms with van der Waals surface area (Å²) in [4.78, 5) is 24.5. The fourth-order valence-electron chi connectivity index (χ4n) is 3.00. The van der Waals surface area contributed by atoms with Gasteiger partial charge in [-0.3, -0.25) is 14.3 Å². The zero-order valence-corrected chi connectivity index (χ0v) is 17.0. The quantitative estimate of drug-likeness (QED) is 0.640. The van der Waals surface area contributed by atoms with Crippen LogP contribution in [0.15, 0.2) is 42.5 Å². The molecule has 3 aromatic rings. The number of fused-ring (bicyclic) bond motifs is 1. The lowest BCUT2D eigenvalue weighted by atomic mass is 10.0. The molecule has 0 saturated carbocycles. The van der Waals surface area contributed by atoms with E-state index in [0.29, 0.717) is 22.0 Å². The summed E-state index contributed by atoms with van der Waals surface area (Å²) in [5.74, 6) is -1.17. The van der Waals surface area contributed by atoms with Crippen molar-refractivity contribution in [3.05, 3.63) is 63.8 Å². The fraction of sp³-hybridized carbons (Fsp3) is 0.250. The van der Waals surface area contributed by atoms with E-state index in [4.69, 9.17) is 28.9 Å². The highest BCUT2D eigenvalue weighted by atomic mass is 35.5. The van der Waals surface area contributed by atoms with Gasteiger partial charge in [0.25, 0.3) is 5.91 Å². The third-order valence-electron chi connectivity index (χ3n) is 4.47. The number of nitrogens with two attached hydrogens (primary N) is 1. The molecule has 0 aliphatic rings. The first-order chi connectivity index (χ1) is 13.3. The van der Waals surface area contributed by atoms with Gasteiger partial charge in [0.05, 0.1) is 12.1 Å². The van der Waals surface area contributed by atoms with Crippen molar-refractivity contribution >= 4 is 45.9 Å². The van der Waals surface area contributed by atoms with Crippen LogP contribution in [0, 0.1) is 5.92 Å². The zero-order chi connectivity index (χ0) is 20.4. The highest BCUT2D eigenvalue weighted by Crippen LogP contribution is 2.24. The maximum atomic E-state index is 12.8. The number of hydrogen-bond donors (Lipinski definition) is 2. The molecule has 3 rings (SSSR count). The molecule has 0 aliphatic carbocycles. The van der Waals surface area contributed by atoms with Crippen LogP contribution in [0.2, 0.25) is 10.0 Å². The highest BCUT2D eigenvalue weighted by Gasteiger charge is 2.25. The number of aromatic nitrogens is 2. The van der Waals surface area contributed by atoms with E-state index >= 15 is 0 Å². The lowest BCUT2D eigenvalue weighted by Gasteiger charge is -2.18. The van der Waals surface area contributed by atoms with Crippen molar-refractivity contribution in [1.82, 2.24) is 15.1 Å². The summed E-state index contributed by atoms with van der Waals surface area (Å²) in [6.07, 6.45) is 0. The number of halogens is 2. The topological polar surface area (TPSA) is 90.0 Å². The number of amides is 2. The van der Waals surface area contributed by atoms with Crippen LogP contribution in [0.1, 0.15) is 29.9 Å². The zero-order valence-electron chi connectivity index (χ0n) is 15.4. The summed E-state index contributed by atoms with van der Waals surface area (Å²) in [6.45, 7) is 4.00. The van der Waals surface area contributed by atoms with Crippen LogP contribution < -0.4 is 11.1 Å². The van der Waals surface area contributed by atoms with Crippen molar-refractivity contribution in [2.75, 3.05) is 0 Å². The molecule has 3 N–H and O–H groups in total. The van der Waals surface area contributed by atoms with Gasteiger partial charge in [0, 0.05) is 15.4 Å². The standard InChI is InChI=1S/C20H20Cl2N4O2/c1-11(2)17(19(23)27)24-20(28)18-14-5-3-4-6-16(14)26(25-18)10-12-7-8-13(21)9-15(12)22/h3-9,11,17H,10H2,1-2H3,(H2,23,27)(H,24,28).